The number of carbonyl (C=O) groups excluding carboxylic acids is 5. The highest BCUT2D eigenvalue weighted by Crippen LogP contribution is 2.43. The van der Waals surface area contributed by atoms with Crippen molar-refractivity contribution in [2.45, 2.75) is 13.8 Å². The summed E-state index contributed by atoms with van der Waals surface area (Å²) in [6, 6.07) is 14.4. The molecule has 0 saturated carbocycles. The molecule has 0 N–H and O–H groups in total. The van der Waals surface area contributed by atoms with Crippen LogP contribution in [0.5, 0.6) is 17.2 Å². The Hall–Kier alpha value is -5.97. The molecule has 11 heteroatoms. The highest BCUT2D eigenvalue weighted by molar-refractivity contribution is 6.04. The normalized spacial score (nSPS) is 12.0. The lowest BCUT2D eigenvalue weighted by atomic mass is 9.91. The SMILES string of the molecule is C=C(C)C(=O)Oc1ccc(C(=O)OOC(=O)c2ccc(OC(=O)C(=C)C)c3c2-c2ccc(cc2)O/C3=C/C(=O)OC)cc1. The molecule has 0 amide bonds. The lowest BCUT2D eigenvalue weighted by Crippen LogP contribution is -2.16. The van der Waals surface area contributed by atoms with Crippen molar-refractivity contribution in [2.24, 2.45) is 0 Å². The van der Waals surface area contributed by atoms with E-state index in [0.29, 0.717) is 11.3 Å². The van der Waals surface area contributed by atoms with E-state index in [1.807, 2.05) is 0 Å². The molecule has 218 valence electrons. The number of hydrogen-bond acceptors (Lipinski definition) is 11. The van der Waals surface area contributed by atoms with Crippen LogP contribution in [0.1, 0.15) is 40.1 Å². The van der Waals surface area contributed by atoms with Crippen molar-refractivity contribution in [2.75, 3.05) is 7.11 Å². The smallest absolute Gasteiger partial charge is 0.386 e. The van der Waals surface area contributed by atoms with Gasteiger partial charge < -0.3 is 18.9 Å². The first-order chi connectivity index (χ1) is 20.5. The summed E-state index contributed by atoms with van der Waals surface area (Å²) in [5.41, 5.74) is 0.840. The summed E-state index contributed by atoms with van der Waals surface area (Å²) in [6.45, 7) is 10.0. The van der Waals surface area contributed by atoms with Gasteiger partial charge in [-0.15, -0.1) is 0 Å². The first-order valence-corrected chi connectivity index (χ1v) is 12.5. The molecule has 2 heterocycles. The third-order valence-corrected chi connectivity index (χ3v) is 5.85. The van der Waals surface area contributed by atoms with Gasteiger partial charge in [0.2, 0.25) is 0 Å². The molecule has 3 aromatic carbocycles. The number of rotatable bonds is 7. The number of benzene rings is 3. The molecule has 2 aliphatic heterocycles. The summed E-state index contributed by atoms with van der Waals surface area (Å²) in [5, 5.41) is 0. The average molecular weight is 585 g/mol. The van der Waals surface area contributed by atoms with Crippen LogP contribution in [0, 0.1) is 0 Å². The first kappa shape index (κ1) is 30.0. The molecule has 0 spiro atoms. The van der Waals surface area contributed by atoms with Gasteiger partial charge in [0, 0.05) is 16.7 Å². The van der Waals surface area contributed by atoms with Gasteiger partial charge >= 0.3 is 29.8 Å². The maximum absolute atomic E-state index is 13.3. The zero-order valence-corrected chi connectivity index (χ0v) is 23.3. The van der Waals surface area contributed by atoms with Gasteiger partial charge in [-0.3, -0.25) is 0 Å². The number of esters is 3. The van der Waals surface area contributed by atoms with Crippen LogP contribution in [0.25, 0.3) is 16.9 Å². The molecule has 5 rings (SSSR count). The van der Waals surface area contributed by atoms with Gasteiger partial charge in [-0.2, -0.15) is 0 Å². The second kappa shape index (κ2) is 12.7. The molecule has 0 atom stereocenters. The molecular weight excluding hydrogens is 560 g/mol. The van der Waals surface area contributed by atoms with Crippen LogP contribution in [-0.2, 0) is 28.9 Å². The van der Waals surface area contributed by atoms with Crippen LogP contribution in [-0.4, -0.2) is 37.0 Å². The summed E-state index contributed by atoms with van der Waals surface area (Å²) in [4.78, 5) is 71.9. The van der Waals surface area contributed by atoms with Crippen LogP contribution >= 0.6 is 0 Å². The largest absolute Gasteiger partial charge is 0.466 e. The Morgan fingerprint density at radius 1 is 0.721 bits per heavy atom. The number of ether oxygens (including phenoxy) is 4. The van der Waals surface area contributed by atoms with Gasteiger partial charge in [0.1, 0.15) is 23.0 Å². The van der Waals surface area contributed by atoms with Gasteiger partial charge in [0.15, 0.2) is 0 Å². The number of methoxy groups -OCH3 is 1. The third kappa shape index (κ3) is 6.85. The molecule has 0 aliphatic carbocycles. The fourth-order valence-electron chi connectivity index (χ4n) is 3.73. The van der Waals surface area contributed by atoms with Crippen molar-refractivity contribution in [3.63, 3.8) is 0 Å². The fourth-order valence-corrected chi connectivity index (χ4v) is 3.73. The highest BCUT2D eigenvalue weighted by atomic mass is 17.2. The third-order valence-electron chi connectivity index (χ3n) is 5.85. The lowest BCUT2D eigenvalue weighted by molar-refractivity contribution is -0.187. The lowest BCUT2D eigenvalue weighted by Gasteiger charge is -2.22. The highest BCUT2D eigenvalue weighted by Gasteiger charge is 2.29. The van der Waals surface area contributed by atoms with Gasteiger partial charge in [-0.25, -0.2) is 33.7 Å². The minimum Gasteiger partial charge on any atom is -0.466 e. The summed E-state index contributed by atoms with van der Waals surface area (Å²) in [5.74, 6) is -3.91. The molecule has 0 saturated heterocycles. The van der Waals surface area contributed by atoms with E-state index in [0.717, 1.165) is 6.08 Å². The average Bonchev–Trinajstić information content (AvgIpc) is 2.98. The number of fused-ring (bicyclic) bond motifs is 3. The van der Waals surface area contributed by atoms with E-state index in [1.54, 1.807) is 24.3 Å². The van der Waals surface area contributed by atoms with Gasteiger partial charge in [-0.1, -0.05) is 25.3 Å². The summed E-state index contributed by atoms with van der Waals surface area (Å²) in [7, 11) is 1.17. The monoisotopic (exact) mass is 584 g/mol. The molecule has 2 bridgehead atoms. The van der Waals surface area contributed by atoms with Crippen LogP contribution < -0.4 is 14.2 Å². The van der Waals surface area contributed by atoms with Crippen molar-refractivity contribution < 1.29 is 52.7 Å². The van der Waals surface area contributed by atoms with Crippen molar-refractivity contribution in [3.05, 3.63) is 108 Å². The maximum Gasteiger partial charge on any atom is 0.386 e. The predicted octanol–water partition coefficient (Wildman–Crippen LogP) is 5.15. The van der Waals surface area contributed by atoms with E-state index in [1.165, 1.54) is 57.4 Å². The van der Waals surface area contributed by atoms with E-state index in [4.69, 9.17) is 28.7 Å². The quantitative estimate of drug-likeness (QED) is 0.120. The topological polar surface area (TPSA) is 141 Å². The summed E-state index contributed by atoms with van der Waals surface area (Å²) in [6.07, 6.45) is 1.03. The van der Waals surface area contributed by atoms with E-state index < -0.39 is 29.8 Å². The number of carbonyl (C=O) groups is 5. The Morgan fingerprint density at radius 3 is 1.93 bits per heavy atom. The minimum absolute atomic E-state index is 0.00687. The second-order valence-electron chi connectivity index (χ2n) is 9.13. The van der Waals surface area contributed by atoms with Crippen LogP contribution in [0.4, 0.5) is 0 Å². The fraction of sp³-hybridized carbons (Fsp3) is 0.0938. The van der Waals surface area contributed by atoms with Crippen molar-refractivity contribution in [3.8, 4) is 28.4 Å². The molecule has 0 fully saturated rings. The Morgan fingerprint density at radius 2 is 1.33 bits per heavy atom. The minimum atomic E-state index is -1.09. The van der Waals surface area contributed by atoms with Crippen LogP contribution in [0.3, 0.4) is 0 Å². The number of hydrogen-bond donors (Lipinski definition) is 0. The Kier molecular flexibility index (Phi) is 8.85. The maximum atomic E-state index is 13.3. The molecule has 2 aliphatic rings. The molecule has 3 aromatic rings. The zero-order chi connectivity index (χ0) is 31.3. The first-order valence-electron chi connectivity index (χ1n) is 12.5. The van der Waals surface area contributed by atoms with Gasteiger partial charge in [0.05, 0.1) is 29.9 Å². The molecule has 43 heavy (non-hydrogen) atoms. The van der Waals surface area contributed by atoms with Crippen molar-refractivity contribution in [1.82, 2.24) is 0 Å². The van der Waals surface area contributed by atoms with E-state index in [2.05, 4.69) is 13.2 Å². The van der Waals surface area contributed by atoms with Crippen molar-refractivity contribution in [1.29, 1.82) is 0 Å². The molecule has 11 nitrogen and oxygen atoms in total. The van der Waals surface area contributed by atoms with Crippen LogP contribution in [0.15, 0.2) is 91.0 Å². The van der Waals surface area contributed by atoms with Gasteiger partial charge in [-0.05, 0) is 67.9 Å². The zero-order valence-electron chi connectivity index (χ0n) is 23.3. The standard InChI is InChI=1S/C32H24O11/c1-17(2)29(34)40-22-12-8-20(9-13-22)31(36)42-43-32(37)23-14-15-24(41-30(35)18(3)4)28-25(16-26(33)38-5)39-21-10-6-19(7-11-21)27(23)28/h6-16H,1,3H2,2,4-5H3/b25-16+. The van der Waals surface area contributed by atoms with Crippen LogP contribution in [0.2, 0.25) is 0 Å². The van der Waals surface area contributed by atoms with E-state index >= 15 is 0 Å². The van der Waals surface area contributed by atoms with Gasteiger partial charge in [0.25, 0.3) is 0 Å². The molecule has 0 unspecified atom stereocenters. The summed E-state index contributed by atoms with van der Waals surface area (Å²) >= 11 is 0. The summed E-state index contributed by atoms with van der Waals surface area (Å²) < 4.78 is 21.2. The Balaban J connectivity index is 1.68. The molecular formula is C32H24O11. The van der Waals surface area contributed by atoms with Crippen molar-refractivity contribution >= 4 is 35.6 Å². The second-order valence-corrected chi connectivity index (χ2v) is 9.13. The van der Waals surface area contributed by atoms with E-state index in [-0.39, 0.29) is 50.7 Å². The predicted molar refractivity (Wildman–Crippen MR) is 151 cm³/mol. The molecule has 0 aromatic heterocycles. The Labute approximate surface area is 245 Å². The van der Waals surface area contributed by atoms with E-state index in [9.17, 15) is 24.0 Å². The molecule has 0 radical (unpaired) electrons. The Bertz CT molecular complexity index is 1690.